The Hall–Kier alpha value is -5.04. The van der Waals surface area contributed by atoms with Gasteiger partial charge < -0.3 is 23.5 Å². The lowest BCUT2D eigenvalue weighted by atomic mass is 9.71. The molecule has 9 rings (SSSR count). The van der Waals surface area contributed by atoms with Gasteiger partial charge in [-0.3, -0.25) is 9.05 Å². The third-order valence-corrected chi connectivity index (χ3v) is 19.1. The zero-order valence-electron chi connectivity index (χ0n) is 42.8. The summed E-state index contributed by atoms with van der Waals surface area (Å²) in [5.74, 6) is -2.16. The number of benzene rings is 7. The zero-order valence-corrected chi connectivity index (χ0v) is 44.6. The van der Waals surface area contributed by atoms with Crippen molar-refractivity contribution in [3.8, 4) is 5.75 Å². The van der Waals surface area contributed by atoms with E-state index in [-0.39, 0.29) is 10.8 Å². The molecule has 7 nitrogen and oxygen atoms in total. The van der Waals surface area contributed by atoms with Crippen LogP contribution >= 0.6 is 16.5 Å². The number of ether oxygens (including phenoxy) is 4. The average molecular weight is 987 g/mol. The zero-order chi connectivity index (χ0) is 50.1. The highest BCUT2D eigenvalue weighted by atomic mass is 31.2. The fraction of sp³-hybridized carbons (Fsp3) is 0.323. The first kappa shape index (κ1) is 50.9. The molecule has 2 saturated heterocycles. The summed E-state index contributed by atoms with van der Waals surface area (Å²) in [4.78, 5) is 0. The second-order valence-corrected chi connectivity index (χ2v) is 23.3. The Morgan fingerprint density at radius 3 is 1.15 bits per heavy atom. The Kier molecular flexibility index (Phi) is 14.7. The predicted octanol–water partition coefficient (Wildman–Crippen LogP) is 13.9. The van der Waals surface area contributed by atoms with Crippen LogP contribution in [0.25, 0.3) is 0 Å². The summed E-state index contributed by atoms with van der Waals surface area (Å²) >= 11 is 0. The molecular formula is C62H68O7P2. The minimum absolute atomic E-state index is 0.154. The third-order valence-electron chi connectivity index (χ3n) is 15.4. The van der Waals surface area contributed by atoms with Gasteiger partial charge in [0.15, 0.2) is 11.2 Å². The van der Waals surface area contributed by atoms with E-state index in [1.807, 2.05) is 86.6 Å². The molecule has 0 radical (unpaired) electrons. The van der Waals surface area contributed by atoms with Gasteiger partial charge in [0.2, 0.25) is 11.6 Å². The minimum Gasteiger partial charge on any atom is -0.426 e. The van der Waals surface area contributed by atoms with Gasteiger partial charge >= 0.3 is 8.60 Å². The molecule has 0 N–H and O–H groups in total. The van der Waals surface area contributed by atoms with Crippen LogP contribution in [0.3, 0.4) is 0 Å². The van der Waals surface area contributed by atoms with Crippen molar-refractivity contribution in [2.24, 2.45) is 0 Å². The quantitative estimate of drug-likeness (QED) is 0.0948. The molecule has 4 atom stereocenters. The van der Waals surface area contributed by atoms with E-state index in [1.54, 1.807) is 14.2 Å². The van der Waals surface area contributed by atoms with Crippen LogP contribution in [0.15, 0.2) is 194 Å². The summed E-state index contributed by atoms with van der Waals surface area (Å²) in [5.41, 5.74) is 2.23. The SMILES string of the molecule is CCC(C)(C)c1cc(P(c2ccccc2)c2ccccc2)c(OP2OC(c3ccccc3)(c3ccccc3)[C@@H]3O[C@@](C)(OC)[C@](C)(OC)O[C@H]3C(c3ccccc3)(c3ccccc3)O2)c(C(C)(C)CC)c1. The van der Waals surface area contributed by atoms with Crippen LogP contribution in [-0.2, 0) is 50.0 Å². The molecule has 71 heavy (non-hydrogen) atoms. The molecule has 0 spiro atoms. The first-order valence-electron chi connectivity index (χ1n) is 24.8. The maximum absolute atomic E-state index is 8.07. The molecule has 0 aliphatic carbocycles. The lowest BCUT2D eigenvalue weighted by molar-refractivity contribution is -0.465. The number of hydrogen-bond acceptors (Lipinski definition) is 7. The fourth-order valence-electron chi connectivity index (χ4n) is 10.0. The number of hydrogen-bond donors (Lipinski definition) is 0. The molecule has 0 bridgehead atoms. The van der Waals surface area contributed by atoms with Gasteiger partial charge in [-0.15, -0.1) is 0 Å². The maximum atomic E-state index is 8.07. The molecule has 2 fully saturated rings. The van der Waals surface area contributed by atoms with Crippen molar-refractivity contribution in [1.82, 2.24) is 0 Å². The smallest absolute Gasteiger partial charge is 0.399 e. The monoisotopic (exact) mass is 986 g/mol. The average Bonchev–Trinajstić information content (AvgIpc) is 3.53. The van der Waals surface area contributed by atoms with E-state index < -0.39 is 51.5 Å². The summed E-state index contributed by atoms with van der Waals surface area (Å²) in [6.07, 6.45) is -0.147. The van der Waals surface area contributed by atoms with Gasteiger partial charge in [-0.25, -0.2) is 0 Å². The van der Waals surface area contributed by atoms with Crippen molar-refractivity contribution >= 4 is 32.4 Å². The number of methoxy groups -OCH3 is 2. The number of rotatable bonds is 15. The minimum atomic E-state index is -2.47. The van der Waals surface area contributed by atoms with Gasteiger partial charge in [0.1, 0.15) is 18.0 Å². The van der Waals surface area contributed by atoms with E-state index in [1.165, 1.54) is 16.2 Å². The maximum Gasteiger partial charge on any atom is 0.399 e. The van der Waals surface area contributed by atoms with Crippen molar-refractivity contribution in [2.45, 2.75) is 114 Å². The van der Waals surface area contributed by atoms with E-state index >= 15 is 0 Å². The molecule has 2 aliphatic rings. The highest BCUT2D eigenvalue weighted by Crippen LogP contribution is 2.66. The normalized spacial score (nSPS) is 22.4. The van der Waals surface area contributed by atoms with Crippen LogP contribution in [0.1, 0.15) is 102 Å². The Morgan fingerprint density at radius 2 is 0.831 bits per heavy atom. The summed E-state index contributed by atoms with van der Waals surface area (Å²) in [5, 5.41) is 3.50. The summed E-state index contributed by atoms with van der Waals surface area (Å²) < 4.78 is 52.3. The number of fused-ring (bicyclic) bond motifs is 1. The Balaban J connectivity index is 1.43. The molecule has 0 aromatic heterocycles. The topological polar surface area (TPSA) is 64.6 Å². The van der Waals surface area contributed by atoms with Crippen molar-refractivity contribution in [3.05, 3.63) is 228 Å². The van der Waals surface area contributed by atoms with Crippen LogP contribution in [0.4, 0.5) is 0 Å². The molecular weight excluding hydrogens is 919 g/mol. The molecule has 0 unspecified atom stereocenters. The molecule has 0 saturated carbocycles. The van der Waals surface area contributed by atoms with Crippen LogP contribution < -0.4 is 20.4 Å². The van der Waals surface area contributed by atoms with E-state index in [4.69, 9.17) is 32.5 Å². The largest absolute Gasteiger partial charge is 0.426 e. The van der Waals surface area contributed by atoms with Gasteiger partial charge in [0.25, 0.3) is 0 Å². The van der Waals surface area contributed by atoms with Crippen LogP contribution in [-0.4, -0.2) is 38.0 Å². The molecule has 0 amide bonds. The molecule has 7 aromatic carbocycles. The standard InChI is InChI=1S/C62H68O7P2/c1-11-57(3,4)49-43-52(58(5,6)12-2)54(53(44-49)70(50-39-27-17-28-40-50)51-41-29-18-30-42-51)67-71-68-61(45-31-19-13-20-32-45,46-33-21-14-22-34-46)55-56(66-60(8,64-10)59(7,63-9)65-55)62(69-71,47-35-23-15-24-36-47)48-37-25-16-26-38-48/h13-44,55-56H,11-12H2,1-10H3/t55-,56-,59-,60-/m1/s1. The summed E-state index contributed by atoms with van der Waals surface area (Å²) in [6, 6.07) is 67.6. The first-order chi connectivity index (χ1) is 34.2. The third kappa shape index (κ3) is 9.13. The Bertz CT molecular complexity index is 2620. The second kappa shape index (κ2) is 20.5. The van der Waals surface area contributed by atoms with E-state index in [2.05, 4.69) is 163 Å². The highest BCUT2D eigenvalue weighted by molar-refractivity contribution is 7.80. The molecule has 9 heteroatoms. The highest BCUT2D eigenvalue weighted by Gasteiger charge is 2.70. The Morgan fingerprint density at radius 1 is 0.493 bits per heavy atom. The molecule has 2 aliphatic heterocycles. The first-order valence-corrected chi connectivity index (χ1v) is 27.3. The summed E-state index contributed by atoms with van der Waals surface area (Å²) in [6.45, 7) is 17.6. The Labute approximate surface area is 424 Å². The van der Waals surface area contributed by atoms with E-state index in [0.717, 1.165) is 51.7 Å². The van der Waals surface area contributed by atoms with Crippen molar-refractivity contribution in [1.29, 1.82) is 0 Å². The van der Waals surface area contributed by atoms with Gasteiger partial charge in [-0.1, -0.05) is 230 Å². The fourth-order valence-corrected chi connectivity index (χ4v) is 14.1. The van der Waals surface area contributed by atoms with Gasteiger partial charge in [-0.05, 0) is 89.9 Å². The molecule has 2 heterocycles. The van der Waals surface area contributed by atoms with Crippen LogP contribution in [0, 0.1) is 0 Å². The van der Waals surface area contributed by atoms with Gasteiger partial charge in [0.05, 0.1) is 0 Å². The second-order valence-electron chi connectivity index (χ2n) is 20.2. The van der Waals surface area contributed by atoms with Gasteiger partial charge in [0, 0.05) is 25.1 Å². The van der Waals surface area contributed by atoms with Crippen molar-refractivity contribution in [3.63, 3.8) is 0 Å². The lowest BCUT2D eigenvalue weighted by Crippen LogP contribution is -2.72. The van der Waals surface area contributed by atoms with Crippen molar-refractivity contribution < 1.29 is 32.5 Å². The van der Waals surface area contributed by atoms with E-state index in [9.17, 15) is 0 Å². The predicted molar refractivity (Wildman–Crippen MR) is 289 cm³/mol. The van der Waals surface area contributed by atoms with Crippen molar-refractivity contribution in [2.75, 3.05) is 14.2 Å². The lowest BCUT2D eigenvalue weighted by Gasteiger charge is -2.57. The van der Waals surface area contributed by atoms with Crippen LogP contribution in [0.2, 0.25) is 0 Å². The molecule has 368 valence electrons. The molecule has 7 aromatic rings. The van der Waals surface area contributed by atoms with Crippen LogP contribution in [0.5, 0.6) is 5.75 Å². The van der Waals surface area contributed by atoms with E-state index in [0.29, 0.717) is 0 Å². The van der Waals surface area contributed by atoms with Gasteiger partial charge in [-0.2, -0.15) is 0 Å². The summed E-state index contributed by atoms with van der Waals surface area (Å²) in [7, 11) is -0.436.